The van der Waals surface area contributed by atoms with Gasteiger partial charge in [-0.25, -0.2) is 23.1 Å². The van der Waals surface area contributed by atoms with Crippen LogP contribution >= 0.6 is 0 Å². The van der Waals surface area contributed by atoms with E-state index in [9.17, 15) is 27.3 Å². The second kappa shape index (κ2) is 19.6. The molecule has 0 aromatic carbocycles. The first-order chi connectivity index (χ1) is 6.00. The molecule has 0 aliphatic rings. The Morgan fingerprint density at radius 1 is 0.421 bits per heavy atom. The molecule has 8 nitrogen and oxygen atoms in total. The summed E-state index contributed by atoms with van der Waals surface area (Å²) in [6.45, 7) is 0. The van der Waals surface area contributed by atoms with Crippen molar-refractivity contribution in [1.29, 1.82) is 0 Å². The standard InChI is InChI=1S/2Au.3H2O2S3.2H2O/c;;3*1-5(2,3)4;;/h;;3*(H2,1,2,3,4);2*1H2/q2*+3;;;;;/p-6. The molecular weight excluding hydrogens is 811 g/mol. The Morgan fingerprint density at radius 3 is 0.421 bits per heavy atom. The average molecular weight is 815 g/mol. The zero-order chi connectivity index (χ0) is 13.5. The molecule has 4 N–H and O–H groups in total. The van der Waals surface area contributed by atoms with Crippen LogP contribution in [-0.2, 0) is 135 Å². The van der Waals surface area contributed by atoms with Crippen LogP contribution in [0, 0.1) is 0 Å². The summed E-state index contributed by atoms with van der Waals surface area (Å²) in [5.74, 6) is 0. The Kier molecular flexibility index (Phi) is 44.6. The Morgan fingerprint density at radius 2 is 0.421 bits per heavy atom. The van der Waals surface area contributed by atoms with Gasteiger partial charge in [-0.2, -0.15) is 0 Å². The van der Waals surface area contributed by atoms with Gasteiger partial charge in [-0.05, 0) is 0 Å². The van der Waals surface area contributed by atoms with E-state index in [4.69, 9.17) is 0 Å². The van der Waals surface area contributed by atoms with Gasteiger partial charge in [0.05, 0.1) is 0 Å². The van der Waals surface area contributed by atoms with Crippen LogP contribution in [0.1, 0.15) is 0 Å². The van der Waals surface area contributed by atoms with E-state index >= 15 is 0 Å². The molecule has 0 saturated carbocycles. The largest absolute Gasteiger partial charge is 3.00 e. The van der Waals surface area contributed by atoms with E-state index in [-0.39, 0.29) is 55.7 Å². The van der Waals surface area contributed by atoms with Gasteiger partial charge in [0, 0.05) is 0 Å². The predicted octanol–water partition coefficient (Wildman–Crippen LogP) is -3.68. The topological polar surface area (TPSA) is 201 Å². The van der Waals surface area contributed by atoms with Gasteiger partial charge < -0.3 is 38.3 Å². The molecule has 128 valence electrons. The van der Waals surface area contributed by atoms with Gasteiger partial charge in [-0.15, -0.1) is 0 Å². The van der Waals surface area contributed by atoms with Crippen molar-refractivity contribution < 1.29 is 83.0 Å². The van der Waals surface area contributed by atoms with E-state index in [1.54, 1.807) is 0 Å². The van der Waals surface area contributed by atoms with Crippen LogP contribution in [0.15, 0.2) is 0 Å². The van der Waals surface area contributed by atoms with Gasteiger partial charge in [0.1, 0.15) is 0 Å². The molecule has 0 spiro atoms. The van der Waals surface area contributed by atoms with Gasteiger partial charge in [0.15, 0.2) is 0 Å². The van der Waals surface area contributed by atoms with Crippen molar-refractivity contribution in [1.82, 2.24) is 0 Å². The van der Waals surface area contributed by atoms with Crippen molar-refractivity contribution in [2.75, 3.05) is 0 Å². The van der Waals surface area contributed by atoms with Crippen LogP contribution in [0.3, 0.4) is 0 Å². The van der Waals surface area contributed by atoms with Crippen molar-refractivity contribution in [2.45, 2.75) is 0 Å². The molecule has 0 aliphatic carbocycles. The third-order valence-corrected chi connectivity index (χ3v) is 0. The van der Waals surface area contributed by atoms with Crippen molar-refractivity contribution >= 4 is 90.3 Å². The fraction of sp³-hybridized carbons (Fsp3) is 0. The van der Waals surface area contributed by atoms with E-state index < -0.39 is 23.1 Å². The molecule has 0 atom stereocenters. The quantitative estimate of drug-likeness (QED) is 0.217. The SMILES string of the molecule is O.O.[Au+3].[Au+3].[O-]S([O-])(=S)=S.[O-]S([O-])(=S)=S.[O-]S([O-])(=S)=S. The average Bonchev–Trinajstić information content (AvgIpc) is 1.41. The molecule has 19 heavy (non-hydrogen) atoms. The first kappa shape index (κ1) is 43.3. The van der Waals surface area contributed by atoms with Gasteiger partial charge in [0.2, 0.25) is 0 Å². The summed E-state index contributed by atoms with van der Waals surface area (Å²) < 4.78 is 55.6. The Bertz CT molecular complexity index is 347. The van der Waals surface area contributed by atoms with Crippen molar-refractivity contribution in [3.63, 3.8) is 0 Å². The normalized spacial score (nSPS) is 9.16. The van der Waals surface area contributed by atoms with E-state index in [1.165, 1.54) is 0 Å². The van der Waals surface area contributed by atoms with Crippen LogP contribution < -0.4 is 0 Å². The summed E-state index contributed by atoms with van der Waals surface area (Å²) in [4.78, 5) is 0. The smallest absolute Gasteiger partial charge is 0.801 e. The minimum Gasteiger partial charge on any atom is -0.801 e. The molecule has 0 bridgehead atoms. The summed E-state index contributed by atoms with van der Waals surface area (Å²) in [6, 6.07) is 0. The maximum Gasteiger partial charge on any atom is 3.00 e. The fourth-order valence-corrected chi connectivity index (χ4v) is 0. The van der Waals surface area contributed by atoms with Gasteiger partial charge in [0.25, 0.3) is 0 Å². The van der Waals surface area contributed by atoms with Gasteiger partial charge in [-0.3, -0.25) is 0 Å². The second-order valence-electron chi connectivity index (χ2n) is 1.22. The summed E-state index contributed by atoms with van der Waals surface area (Å²) in [6.07, 6.45) is 0. The van der Waals surface area contributed by atoms with Crippen molar-refractivity contribution in [2.24, 2.45) is 0 Å². The predicted molar refractivity (Wildman–Crippen MR) is 78.2 cm³/mol. The summed E-state index contributed by atoms with van der Waals surface area (Å²) in [5.41, 5.74) is 0. The number of hydrogen-bond acceptors (Lipinski definition) is 12. The zero-order valence-electron chi connectivity index (χ0n) is 7.73. The van der Waals surface area contributed by atoms with Crippen LogP contribution in [-0.4, -0.2) is 38.3 Å². The Labute approximate surface area is 170 Å². The van der Waals surface area contributed by atoms with E-state index in [0.717, 1.165) is 0 Å². The maximum absolute atomic E-state index is 9.26. The number of hydrogen-bond donors (Lipinski definition) is 0. The summed E-state index contributed by atoms with van der Waals surface area (Å²) in [7, 11) is -10.5. The van der Waals surface area contributed by atoms with Crippen molar-refractivity contribution in [3.05, 3.63) is 0 Å². The Hall–Kier alpha value is 3.53. The minimum absolute atomic E-state index is 0. The molecule has 19 heteroatoms. The van der Waals surface area contributed by atoms with Gasteiger partial charge in [-0.1, -0.05) is 67.1 Å². The molecule has 0 aromatic rings. The third-order valence-electron chi connectivity index (χ3n) is 0. The fourth-order valence-electron chi connectivity index (χ4n) is 0. The van der Waals surface area contributed by atoms with Gasteiger partial charge >= 0.3 is 44.8 Å². The van der Waals surface area contributed by atoms with E-state index in [0.29, 0.717) is 0 Å². The Balaban J connectivity index is -0.0000000206. The molecule has 0 radical (unpaired) electrons. The molecular formula is H4Au2O8S9. The molecule has 0 aliphatic heterocycles. The molecule has 0 fully saturated rings. The molecule has 0 amide bonds. The second-order valence-corrected chi connectivity index (χ2v) is 13.5. The molecule has 0 saturated heterocycles. The first-order valence-electron chi connectivity index (χ1n) is 2.00. The van der Waals surface area contributed by atoms with Crippen LogP contribution in [0.25, 0.3) is 0 Å². The zero-order valence-corrected chi connectivity index (χ0v) is 19.4. The first-order valence-corrected chi connectivity index (χ1v) is 12.0. The van der Waals surface area contributed by atoms with Crippen molar-refractivity contribution in [3.8, 4) is 0 Å². The molecule has 0 heterocycles. The van der Waals surface area contributed by atoms with Crippen LogP contribution in [0.5, 0.6) is 0 Å². The monoisotopic (exact) mass is 814 g/mol. The minimum atomic E-state index is -3.50. The third kappa shape index (κ3) is 659. The maximum atomic E-state index is 9.26. The number of rotatable bonds is 0. The molecule has 0 rings (SSSR count). The van der Waals surface area contributed by atoms with Crippen LogP contribution in [0.2, 0.25) is 0 Å². The molecule has 0 unspecified atom stereocenters. The van der Waals surface area contributed by atoms with E-state index in [2.05, 4.69) is 67.1 Å². The van der Waals surface area contributed by atoms with E-state index in [1.807, 2.05) is 0 Å². The summed E-state index contributed by atoms with van der Waals surface area (Å²) >= 11 is 21.7. The summed E-state index contributed by atoms with van der Waals surface area (Å²) in [5, 5.41) is 0. The van der Waals surface area contributed by atoms with Crippen LogP contribution in [0.4, 0.5) is 0 Å². The molecule has 0 aromatic heterocycles.